The first-order valence-electron chi connectivity index (χ1n) is 4.45. The van der Waals surface area contributed by atoms with Crippen molar-refractivity contribution in [2.24, 2.45) is 5.73 Å². The number of fused-ring (bicyclic) bond motifs is 2. The quantitative estimate of drug-likeness (QED) is 0.635. The highest BCUT2D eigenvalue weighted by Gasteiger charge is 2.52. The normalized spacial score (nSPS) is 28.5. The zero-order valence-electron chi connectivity index (χ0n) is 7.19. The van der Waals surface area contributed by atoms with Gasteiger partial charge in [0.25, 0.3) is 0 Å². The fraction of sp³-hybridized carbons (Fsp3) is 0.400. The van der Waals surface area contributed by atoms with Crippen LogP contribution < -0.4 is 5.73 Å². The maximum Gasteiger partial charge on any atom is 0.215 e. The van der Waals surface area contributed by atoms with Crippen molar-refractivity contribution in [1.82, 2.24) is 0 Å². The van der Waals surface area contributed by atoms with Crippen LogP contribution in [0.2, 0.25) is 0 Å². The van der Waals surface area contributed by atoms with E-state index >= 15 is 0 Å². The summed E-state index contributed by atoms with van der Waals surface area (Å²) in [5, 5.41) is 0. The molecule has 0 amide bonds. The molecule has 1 saturated heterocycles. The molecule has 0 bridgehead atoms. The first-order chi connectivity index (χ1) is 6.33. The van der Waals surface area contributed by atoms with Crippen LogP contribution in [0, 0.1) is 0 Å². The van der Waals surface area contributed by atoms with E-state index in [2.05, 4.69) is 6.07 Å². The van der Waals surface area contributed by atoms with Crippen LogP contribution in [0.25, 0.3) is 0 Å². The van der Waals surface area contributed by atoms with Crippen molar-refractivity contribution in [3.8, 4) is 0 Å². The molecule has 2 N–H and O–H groups in total. The van der Waals surface area contributed by atoms with Crippen LogP contribution in [0.4, 0.5) is 0 Å². The first kappa shape index (κ1) is 7.50. The predicted molar refractivity (Wildman–Crippen MR) is 46.8 cm³/mol. The number of hydrogen-bond acceptors (Lipinski definition) is 3. The minimum atomic E-state index is -0.614. The average Bonchev–Trinajstić information content (AvgIpc) is 2.35. The molecule has 1 aromatic rings. The predicted octanol–water partition coefficient (Wildman–Crippen LogP) is 0.727. The Morgan fingerprint density at radius 2 is 2.08 bits per heavy atom. The molecule has 1 aromatic carbocycles. The number of benzene rings is 1. The fourth-order valence-corrected chi connectivity index (χ4v) is 2.16. The van der Waals surface area contributed by atoms with Gasteiger partial charge < -0.3 is 15.2 Å². The van der Waals surface area contributed by atoms with Gasteiger partial charge in [-0.2, -0.15) is 0 Å². The van der Waals surface area contributed by atoms with E-state index in [-0.39, 0.29) is 6.04 Å². The summed E-state index contributed by atoms with van der Waals surface area (Å²) in [6.07, 6.45) is 0.843. The Morgan fingerprint density at radius 3 is 2.77 bits per heavy atom. The summed E-state index contributed by atoms with van der Waals surface area (Å²) in [4.78, 5) is 0. The van der Waals surface area contributed by atoms with E-state index in [1.54, 1.807) is 0 Å². The lowest BCUT2D eigenvalue weighted by Gasteiger charge is -2.42. The highest BCUT2D eigenvalue weighted by molar-refractivity contribution is 5.39. The van der Waals surface area contributed by atoms with Crippen LogP contribution in [0.3, 0.4) is 0 Å². The third-order valence-electron chi connectivity index (χ3n) is 2.87. The van der Waals surface area contributed by atoms with Gasteiger partial charge in [0.15, 0.2) is 6.79 Å². The third kappa shape index (κ3) is 0.790. The van der Waals surface area contributed by atoms with Crippen LogP contribution in [-0.4, -0.2) is 12.8 Å². The van der Waals surface area contributed by atoms with Crippen LogP contribution in [-0.2, 0) is 21.7 Å². The molecule has 0 radical (unpaired) electrons. The molecule has 1 fully saturated rings. The van der Waals surface area contributed by atoms with Crippen molar-refractivity contribution in [1.29, 1.82) is 0 Å². The molecule has 1 aliphatic carbocycles. The van der Waals surface area contributed by atoms with Gasteiger partial charge in [-0.3, -0.25) is 0 Å². The summed E-state index contributed by atoms with van der Waals surface area (Å²) in [5.74, 6) is -0.614. The monoisotopic (exact) mass is 177 g/mol. The summed E-state index contributed by atoms with van der Waals surface area (Å²) in [6.45, 7) is 0.363. The zero-order chi connectivity index (χ0) is 8.89. The Morgan fingerprint density at radius 1 is 1.31 bits per heavy atom. The molecule has 1 spiro atoms. The third-order valence-corrected chi connectivity index (χ3v) is 2.87. The van der Waals surface area contributed by atoms with Crippen LogP contribution >= 0.6 is 0 Å². The van der Waals surface area contributed by atoms with Crippen molar-refractivity contribution in [3.63, 3.8) is 0 Å². The molecule has 0 saturated carbocycles. The highest BCUT2D eigenvalue weighted by atomic mass is 16.9. The van der Waals surface area contributed by atoms with Crippen LogP contribution in [0.15, 0.2) is 24.3 Å². The molecule has 3 heteroatoms. The van der Waals surface area contributed by atoms with E-state index in [0.29, 0.717) is 6.79 Å². The average molecular weight is 177 g/mol. The Balaban J connectivity index is 2.14. The number of hydrogen-bond donors (Lipinski definition) is 1. The second kappa shape index (κ2) is 2.32. The summed E-state index contributed by atoms with van der Waals surface area (Å²) < 4.78 is 10.9. The van der Waals surface area contributed by atoms with Gasteiger partial charge in [-0.05, 0) is 12.0 Å². The van der Waals surface area contributed by atoms with Gasteiger partial charge in [0.05, 0.1) is 6.04 Å². The van der Waals surface area contributed by atoms with Crippen molar-refractivity contribution in [2.75, 3.05) is 6.79 Å². The van der Waals surface area contributed by atoms with Crippen LogP contribution in [0.1, 0.15) is 11.1 Å². The van der Waals surface area contributed by atoms with Gasteiger partial charge in [0.1, 0.15) is 0 Å². The van der Waals surface area contributed by atoms with E-state index < -0.39 is 5.79 Å². The summed E-state index contributed by atoms with van der Waals surface area (Å²) in [6, 6.07) is 8.06. The molecule has 3 rings (SSSR count). The van der Waals surface area contributed by atoms with E-state index in [1.165, 1.54) is 5.56 Å². The number of rotatable bonds is 0. The minimum absolute atomic E-state index is 0.0568. The maximum absolute atomic E-state index is 5.98. The SMILES string of the molecule is NC1Cc2ccccc2C12OCO2. The van der Waals surface area contributed by atoms with Gasteiger partial charge in [-0.15, -0.1) is 0 Å². The summed E-state index contributed by atoms with van der Waals surface area (Å²) in [7, 11) is 0. The maximum atomic E-state index is 5.98. The Bertz CT molecular complexity index is 347. The molecule has 1 aliphatic heterocycles. The lowest BCUT2D eigenvalue weighted by atomic mass is 10.1. The molecule has 68 valence electrons. The number of nitrogens with two attached hydrogens (primary N) is 1. The van der Waals surface area contributed by atoms with Crippen molar-refractivity contribution in [3.05, 3.63) is 35.4 Å². The molecule has 0 aromatic heterocycles. The second-order valence-corrected chi connectivity index (χ2v) is 3.54. The smallest absolute Gasteiger partial charge is 0.215 e. The van der Waals surface area contributed by atoms with Crippen molar-refractivity contribution in [2.45, 2.75) is 18.2 Å². The molecule has 3 nitrogen and oxygen atoms in total. The summed E-state index contributed by atoms with van der Waals surface area (Å²) in [5.41, 5.74) is 8.33. The van der Waals surface area contributed by atoms with Crippen LogP contribution in [0.5, 0.6) is 0 Å². The molecule has 1 unspecified atom stereocenters. The second-order valence-electron chi connectivity index (χ2n) is 3.54. The topological polar surface area (TPSA) is 44.5 Å². The Labute approximate surface area is 76.4 Å². The van der Waals surface area contributed by atoms with Crippen molar-refractivity contribution >= 4 is 0 Å². The van der Waals surface area contributed by atoms with Gasteiger partial charge in [0.2, 0.25) is 5.79 Å². The highest BCUT2D eigenvalue weighted by Crippen LogP contribution is 2.44. The number of ether oxygens (including phenoxy) is 2. The van der Waals surface area contributed by atoms with E-state index in [4.69, 9.17) is 15.2 Å². The van der Waals surface area contributed by atoms with Gasteiger partial charge in [-0.25, -0.2) is 0 Å². The first-order valence-corrected chi connectivity index (χ1v) is 4.45. The zero-order valence-corrected chi connectivity index (χ0v) is 7.19. The van der Waals surface area contributed by atoms with E-state index in [0.717, 1.165) is 12.0 Å². The van der Waals surface area contributed by atoms with E-state index in [1.807, 2.05) is 18.2 Å². The van der Waals surface area contributed by atoms with E-state index in [9.17, 15) is 0 Å². The molecular weight excluding hydrogens is 166 g/mol. The Kier molecular flexibility index (Phi) is 1.34. The molecule has 1 heterocycles. The van der Waals surface area contributed by atoms with Crippen molar-refractivity contribution < 1.29 is 9.47 Å². The summed E-state index contributed by atoms with van der Waals surface area (Å²) >= 11 is 0. The lowest BCUT2D eigenvalue weighted by molar-refractivity contribution is -0.412. The lowest BCUT2D eigenvalue weighted by Crippen LogP contribution is -2.54. The molecule has 1 atom stereocenters. The minimum Gasteiger partial charge on any atom is -0.323 e. The molecule has 2 aliphatic rings. The van der Waals surface area contributed by atoms with Gasteiger partial charge >= 0.3 is 0 Å². The standard InChI is InChI=1S/C10H11NO2/c11-9-5-7-3-1-2-4-8(7)10(9)12-6-13-10/h1-4,9H,5-6,11H2. The molecular formula is C10H11NO2. The largest absolute Gasteiger partial charge is 0.323 e. The molecule has 13 heavy (non-hydrogen) atoms. The Hall–Kier alpha value is -0.900. The van der Waals surface area contributed by atoms with Gasteiger partial charge in [-0.1, -0.05) is 24.3 Å². The fourth-order valence-electron chi connectivity index (χ4n) is 2.16. The van der Waals surface area contributed by atoms with Gasteiger partial charge in [0, 0.05) is 5.56 Å².